The molecule has 1 fully saturated rings. The van der Waals surface area contributed by atoms with Crippen molar-refractivity contribution in [1.82, 2.24) is 4.90 Å². The topological polar surface area (TPSA) is 55.8 Å². The summed E-state index contributed by atoms with van der Waals surface area (Å²) in [6.07, 6.45) is 1.17. The van der Waals surface area contributed by atoms with Crippen molar-refractivity contribution in [2.75, 3.05) is 13.7 Å². The maximum atomic E-state index is 13.7. The molecule has 1 aliphatic heterocycles. The van der Waals surface area contributed by atoms with Gasteiger partial charge in [-0.25, -0.2) is 4.39 Å². The maximum absolute atomic E-state index is 13.7. The lowest BCUT2D eigenvalue weighted by Crippen LogP contribution is -2.32. The van der Waals surface area contributed by atoms with Gasteiger partial charge in [-0.2, -0.15) is 0 Å². The average molecular weight is 403 g/mol. The zero-order chi connectivity index (χ0) is 20.1. The standard InChI is InChI=1S/C21H22FNO4S/c1-3-10-23-20(24)19(28-21(23)25)12-14-8-9-17(18(11-14)26-2)27-13-15-6-4-5-7-16(15)22/h4-9,11,19H,3,10,12-13H2,1-2H3/t19-/m0/s1. The van der Waals surface area contributed by atoms with Gasteiger partial charge in [-0.3, -0.25) is 14.5 Å². The summed E-state index contributed by atoms with van der Waals surface area (Å²) in [6, 6.07) is 11.8. The quantitative estimate of drug-likeness (QED) is 0.653. The first-order chi connectivity index (χ1) is 13.5. The van der Waals surface area contributed by atoms with Crippen LogP contribution in [-0.4, -0.2) is 35.0 Å². The molecule has 28 heavy (non-hydrogen) atoms. The van der Waals surface area contributed by atoms with E-state index in [0.29, 0.717) is 30.0 Å². The van der Waals surface area contributed by atoms with E-state index in [1.54, 1.807) is 30.3 Å². The van der Waals surface area contributed by atoms with E-state index < -0.39 is 5.25 Å². The molecule has 0 aromatic heterocycles. The van der Waals surface area contributed by atoms with Crippen molar-refractivity contribution in [2.45, 2.75) is 31.6 Å². The number of nitrogens with zero attached hydrogens (tertiary/aromatic N) is 1. The summed E-state index contributed by atoms with van der Waals surface area (Å²) < 4.78 is 24.8. The Morgan fingerprint density at radius 2 is 1.93 bits per heavy atom. The number of hydrogen-bond acceptors (Lipinski definition) is 5. The Hall–Kier alpha value is -2.54. The number of carbonyl (C=O) groups is 2. The molecule has 2 amide bonds. The van der Waals surface area contributed by atoms with Gasteiger partial charge >= 0.3 is 0 Å². The molecule has 5 nitrogen and oxygen atoms in total. The van der Waals surface area contributed by atoms with Gasteiger partial charge in [-0.15, -0.1) is 0 Å². The van der Waals surface area contributed by atoms with Crippen LogP contribution in [0.25, 0.3) is 0 Å². The number of rotatable bonds is 8. The largest absolute Gasteiger partial charge is 0.493 e. The van der Waals surface area contributed by atoms with Crippen molar-refractivity contribution in [3.05, 3.63) is 59.4 Å². The first-order valence-corrected chi connectivity index (χ1v) is 9.96. The zero-order valence-corrected chi connectivity index (χ0v) is 16.6. The Balaban J connectivity index is 1.69. The van der Waals surface area contributed by atoms with Gasteiger partial charge in [-0.05, 0) is 36.6 Å². The lowest BCUT2D eigenvalue weighted by atomic mass is 10.1. The Morgan fingerprint density at radius 3 is 2.64 bits per heavy atom. The third-order valence-electron chi connectivity index (χ3n) is 4.44. The summed E-state index contributed by atoms with van der Waals surface area (Å²) >= 11 is 1.07. The SMILES string of the molecule is CCCN1C(=O)S[C@@H](Cc2ccc(OCc3ccccc3F)c(OC)c2)C1=O. The van der Waals surface area contributed by atoms with E-state index in [4.69, 9.17) is 9.47 Å². The van der Waals surface area contributed by atoms with Gasteiger partial charge in [0.25, 0.3) is 5.24 Å². The number of halogens is 1. The van der Waals surface area contributed by atoms with Gasteiger partial charge in [0.1, 0.15) is 12.4 Å². The predicted molar refractivity (Wildman–Crippen MR) is 106 cm³/mol. The highest BCUT2D eigenvalue weighted by Crippen LogP contribution is 2.33. The summed E-state index contributed by atoms with van der Waals surface area (Å²) in [6.45, 7) is 2.47. The number of thioether (sulfide) groups is 1. The summed E-state index contributed by atoms with van der Waals surface area (Å²) in [5, 5.41) is -0.609. The number of ether oxygens (including phenoxy) is 2. The molecule has 0 unspecified atom stereocenters. The molecular formula is C21H22FNO4S. The van der Waals surface area contributed by atoms with E-state index in [-0.39, 0.29) is 23.6 Å². The van der Waals surface area contributed by atoms with E-state index >= 15 is 0 Å². The maximum Gasteiger partial charge on any atom is 0.289 e. The molecule has 148 valence electrons. The van der Waals surface area contributed by atoms with Gasteiger partial charge in [0.15, 0.2) is 11.5 Å². The van der Waals surface area contributed by atoms with Crippen LogP contribution in [0.2, 0.25) is 0 Å². The first kappa shape index (κ1) is 20.2. The molecule has 3 rings (SSSR count). The van der Waals surface area contributed by atoms with Crippen molar-refractivity contribution < 1.29 is 23.5 Å². The Bertz CT molecular complexity index is 873. The van der Waals surface area contributed by atoms with E-state index in [9.17, 15) is 14.0 Å². The van der Waals surface area contributed by atoms with E-state index in [1.807, 2.05) is 13.0 Å². The third-order valence-corrected chi connectivity index (χ3v) is 5.52. The smallest absolute Gasteiger partial charge is 0.289 e. The van der Waals surface area contributed by atoms with Crippen molar-refractivity contribution in [3.8, 4) is 11.5 Å². The highest BCUT2D eigenvalue weighted by Gasteiger charge is 2.38. The molecular weight excluding hydrogens is 381 g/mol. The highest BCUT2D eigenvalue weighted by atomic mass is 32.2. The molecule has 0 N–H and O–H groups in total. The minimum absolute atomic E-state index is 0.0832. The van der Waals surface area contributed by atoms with E-state index in [2.05, 4.69) is 0 Å². The summed E-state index contributed by atoms with van der Waals surface area (Å²) in [7, 11) is 1.52. The van der Waals surface area contributed by atoms with Crippen molar-refractivity contribution >= 4 is 22.9 Å². The van der Waals surface area contributed by atoms with Crippen molar-refractivity contribution in [3.63, 3.8) is 0 Å². The molecule has 1 heterocycles. The number of benzene rings is 2. The normalized spacial score (nSPS) is 16.5. The summed E-state index contributed by atoms with van der Waals surface area (Å²) in [5.41, 5.74) is 1.32. The van der Waals surface area contributed by atoms with Crippen LogP contribution in [0.3, 0.4) is 0 Å². The fourth-order valence-electron chi connectivity index (χ4n) is 3.00. The van der Waals surface area contributed by atoms with Crippen LogP contribution in [0.15, 0.2) is 42.5 Å². The third kappa shape index (κ3) is 4.47. The first-order valence-electron chi connectivity index (χ1n) is 9.08. The zero-order valence-electron chi connectivity index (χ0n) is 15.8. The molecule has 0 radical (unpaired) electrons. The van der Waals surface area contributed by atoms with Gasteiger partial charge in [-0.1, -0.05) is 43.0 Å². The Morgan fingerprint density at radius 1 is 1.14 bits per heavy atom. The van der Waals surface area contributed by atoms with Crippen LogP contribution in [0, 0.1) is 5.82 Å². The van der Waals surface area contributed by atoms with Crippen LogP contribution in [0.1, 0.15) is 24.5 Å². The van der Waals surface area contributed by atoms with Crippen LogP contribution in [-0.2, 0) is 17.8 Å². The second kappa shape index (κ2) is 9.10. The van der Waals surface area contributed by atoms with Gasteiger partial charge in [0, 0.05) is 12.1 Å². The molecule has 0 spiro atoms. The van der Waals surface area contributed by atoms with Crippen LogP contribution >= 0.6 is 11.8 Å². The second-order valence-corrected chi connectivity index (χ2v) is 7.59. The van der Waals surface area contributed by atoms with Crippen LogP contribution in [0.5, 0.6) is 11.5 Å². The fraction of sp³-hybridized carbons (Fsp3) is 0.333. The summed E-state index contributed by atoms with van der Waals surface area (Å²) in [4.78, 5) is 25.7. The number of amides is 2. The van der Waals surface area contributed by atoms with Gasteiger partial charge in [0.2, 0.25) is 5.91 Å². The minimum atomic E-state index is -0.422. The molecule has 1 atom stereocenters. The van der Waals surface area contributed by atoms with Crippen LogP contribution < -0.4 is 9.47 Å². The lowest BCUT2D eigenvalue weighted by Gasteiger charge is -2.14. The molecule has 1 saturated heterocycles. The molecule has 0 saturated carbocycles. The molecule has 0 bridgehead atoms. The monoisotopic (exact) mass is 403 g/mol. The van der Waals surface area contributed by atoms with Crippen molar-refractivity contribution in [2.24, 2.45) is 0 Å². The van der Waals surface area contributed by atoms with Gasteiger partial charge < -0.3 is 9.47 Å². The minimum Gasteiger partial charge on any atom is -0.493 e. The predicted octanol–water partition coefficient (Wildman–Crippen LogP) is 4.43. The summed E-state index contributed by atoms with van der Waals surface area (Å²) in [5.74, 6) is 0.525. The molecule has 1 aliphatic rings. The Labute approximate surface area is 167 Å². The Kier molecular flexibility index (Phi) is 6.57. The van der Waals surface area contributed by atoms with Gasteiger partial charge in [0.05, 0.1) is 12.4 Å². The van der Waals surface area contributed by atoms with E-state index in [1.165, 1.54) is 18.1 Å². The van der Waals surface area contributed by atoms with Crippen LogP contribution in [0.4, 0.5) is 9.18 Å². The second-order valence-electron chi connectivity index (χ2n) is 6.43. The highest BCUT2D eigenvalue weighted by molar-refractivity contribution is 8.15. The van der Waals surface area contributed by atoms with Crippen molar-refractivity contribution in [1.29, 1.82) is 0 Å². The molecule has 0 aliphatic carbocycles. The number of imide groups is 1. The lowest BCUT2D eigenvalue weighted by molar-refractivity contribution is -0.126. The number of carbonyl (C=O) groups excluding carboxylic acids is 2. The number of methoxy groups -OCH3 is 1. The molecule has 7 heteroatoms. The molecule has 2 aromatic rings. The average Bonchev–Trinajstić information content (AvgIpc) is 2.95. The molecule has 2 aromatic carbocycles. The van der Waals surface area contributed by atoms with E-state index in [0.717, 1.165) is 23.7 Å². The number of hydrogen-bond donors (Lipinski definition) is 0. The fourth-order valence-corrected chi connectivity index (χ4v) is 4.05.